The summed E-state index contributed by atoms with van der Waals surface area (Å²) in [6.45, 7) is 3.95. The van der Waals surface area contributed by atoms with Gasteiger partial charge in [-0.1, -0.05) is 24.3 Å². The van der Waals surface area contributed by atoms with E-state index in [-0.39, 0.29) is 0 Å². The van der Waals surface area contributed by atoms with Gasteiger partial charge < -0.3 is 0 Å². The van der Waals surface area contributed by atoms with E-state index in [0.29, 0.717) is 0 Å². The van der Waals surface area contributed by atoms with Gasteiger partial charge in [-0.3, -0.25) is 0 Å². The highest BCUT2D eigenvalue weighted by atomic mass is 32.1. The highest BCUT2D eigenvalue weighted by molar-refractivity contribution is 7.84. The minimum Gasteiger partial charge on any atom is -0.143 e. The van der Waals surface area contributed by atoms with Gasteiger partial charge in [0, 0.05) is 4.91 Å². The van der Waals surface area contributed by atoms with Crippen molar-refractivity contribution in [2.45, 2.75) is 13.8 Å². The van der Waals surface area contributed by atoms with Gasteiger partial charge in [0.05, 0.1) is 0 Å². The Hall–Kier alpha value is -0.430. The van der Waals surface area contributed by atoms with Crippen LogP contribution in [0, 0.1) is 0 Å². The lowest BCUT2D eigenvalue weighted by Crippen LogP contribution is -1.58. The van der Waals surface area contributed by atoms with Crippen LogP contribution in [0.4, 0.5) is 0 Å². The van der Waals surface area contributed by atoms with Crippen molar-refractivity contribution in [1.29, 1.82) is 0 Å². The van der Waals surface area contributed by atoms with E-state index in [9.17, 15) is 0 Å². The van der Waals surface area contributed by atoms with E-state index in [4.69, 9.17) is 0 Å². The highest BCUT2D eigenvalue weighted by Gasteiger charge is 1.73. The van der Waals surface area contributed by atoms with E-state index in [1.54, 1.807) is 0 Å². The summed E-state index contributed by atoms with van der Waals surface area (Å²) in [5.41, 5.74) is 0. The summed E-state index contributed by atoms with van der Waals surface area (Å²) in [6.07, 6.45) is 9.79. The molecule has 9 heavy (non-hydrogen) atoms. The fourth-order valence-electron chi connectivity index (χ4n) is 0.421. The monoisotopic (exact) mass is 140 g/mol. The molecular formula is C8H12S. The minimum atomic E-state index is 0.982. The lowest BCUT2D eigenvalue weighted by molar-refractivity contribution is 1.69. The molecule has 0 amide bonds. The average molecular weight is 140 g/mol. The Labute approximate surface area is 62.4 Å². The van der Waals surface area contributed by atoms with E-state index in [0.717, 1.165) is 4.91 Å². The van der Waals surface area contributed by atoms with Crippen LogP contribution in [0.15, 0.2) is 35.3 Å². The van der Waals surface area contributed by atoms with Gasteiger partial charge in [0.25, 0.3) is 0 Å². The largest absolute Gasteiger partial charge is 0.143 e. The quantitative estimate of drug-likeness (QED) is 0.442. The zero-order chi connectivity index (χ0) is 7.11. The van der Waals surface area contributed by atoms with Crippen molar-refractivity contribution in [3.63, 3.8) is 0 Å². The Morgan fingerprint density at radius 2 is 1.89 bits per heavy atom. The number of hydrogen-bond donors (Lipinski definition) is 1. The summed E-state index contributed by atoms with van der Waals surface area (Å²) in [5.74, 6) is 0. The molecule has 1 heteroatoms. The van der Waals surface area contributed by atoms with Gasteiger partial charge in [0.1, 0.15) is 0 Å². The fraction of sp³-hybridized carbons (Fsp3) is 0.250. The van der Waals surface area contributed by atoms with Crippen molar-refractivity contribution < 1.29 is 0 Å². The maximum absolute atomic E-state index is 4.17. The van der Waals surface area contributed by atoms with Gasteiger partial charge in [-0.05, 0) is 19.9 Å². The van der Waals surface area contributed by atoms with Gasteiger partial charge in [-0.15, -0.1) is 12.6 Å². The first-order valence-corrected chi connectivity index (χ1v) is 3.40. The third kappa shape index (κ3) is 5.44. The van der Waals surface area contributed by atoms with Crippen LogP contribution in [-0.4, -0.2) is 0 Å². The second kappa shape index (κ2) is 5.70. The zero-order valence-corrected chi connectivity index (χ0v) is 6.73. The predicted octanol–water partition coefficient (Wildman–Crippen LogP) is 2.95. The molecule has 0 saturated carbocycles. The maximum Gasteiger partial charge on any atom is 0.00365 e. The Balaban J connectivity index is 3.84. The molecule has 0 atom stereocenters. The van der Waals surface area contributed by atoms with Crippen molar-refractivity contribution >= 4 is 12.6 Å². The summed E-state index contributed by atoms with van der Waals surface area (Å²) in [5, 5.41) is 0. The highest BCUT2D eigenvalue weighted by Crippen LogP contribution is 2.01. The van der Waals surface area contributed by atoms with Crippen LogP contribution in [0.3, 0.4) is 0 Å². The van der Waals surface area contributed by atoms with Gasteiger partial charge in [0.2, 0.25) is 0 Å². The number of thiol groups is 1. The molecule has 0 aromatic heterocycles. The van der Waals surface area contributed by atoms with Crippen LogP contribution >= 0.6 is 12.6 Å². The van der Waals surface area contributed by atoms with Crippen LogP contribution in [0.25, 0.3) is 0 Å². The molecule has 0 bridgehead atoms. The first kappa shape index (κ1) is 8.57. The molecule has 0 radical (unpaired) electrons. The van der Waals surface area contributed by atoms with Gasteiger partial charge in [-0.25, -0.2) is 0 Å². The van der Waals surface area contributed by atoms with E-state index in [2.05, 4.69) is 12.6 Å². The molecule has 0 fully saturated rings. The molecular weight excluding hydrogens is 128 g/mol. The molecule has 50 valence electrons. The molecule has 0 aliphatic rings. The normalized spacial score (nSPS) is 13.9. The molecule has 0 aliphatic carbocycles. The number of rotatable bonds is 2. The Morgan fingerprint density at radius 1 is 1.22 bits per heavy atom. The fourth-order valence-corrected chi connectivity index (χ4v) is 0.656. The topological polar surface area (TPSA) is 0 Å². The molecule has 0 aromatic carbocycles. The Kier molecular flexibility index (Phi) is 5.43. The molecule has 0 aromatic rings. The third-order valence-electron chi connectivity index (χ3n) is 0.797. The lowest BCUT2D eigenvalue weighted by atomic mass is 10.4. The van der Waals surface area contributed by atoms with E-state index >= 15 is 0 Å². The van der Waals surface area contributed by atoms with Crippen molar-refractivity contribution in [2.24, 2.45) is 0 Å². The summed E-state index contributed by atoms with van der Waals surface area (Å²) in [7, 11) is 0. The molecule has 0 spiro atoms. The third-order valence-corrected chi connectivity index (χ3v) is 1.10. The molecule has 0 nitrogen and oxygen atoms in total. The standard InChI is InChI=1S/C8H12S/c1-3-5-7-8(9)6-4-2/h3-7,9H,1-2H3/b5-3-,6-4-,8-7+. The van der Waals surface area contributed by atoms with Crippen molar-refractivity contribution in [2.75, 3.05) is 0 Å². The molecule has 0 heterocycles. The Bertz CT molecular complexity index is 141. The second-order valence-corrected chi connectivity index (χ2v) is 2.13. The number of allylic oxidation sites excluding steroid dienone is 5. The van der Waals surface area contributed by atoms with Gasteiger partial charge in [0.15, 0.2) is 0 Å². The molecule has 0 aliphatic heterocycles. The average Bonchev–Trinajstić information content (AvgIpc) is 1.85. The van der Waals surface area contributed by atoms with Crippen LogP contribution in [0.2, 0.25) is 0 Å². The minimum absolute atomic E-state index is 0.982. The van der Waals surface area contributed by atoms with Crippen molar-refractivity contribution in [3.05, 3.63) is 35.3 Å². The Morgan fingerprint density at radius 3 is 2.33 bits per heavy atom. The summed E-state index contributed by atoms with van der Waals surface area (Å²) < 4.78 is 0. The van der Waals surface area contributed by atoms with Gasteiger partial charge in [-0.2, -0.15) is 0 Å². The smallest absolute Gasteiger partial charge is 0.00365 e. The van der Waals surface area contributed by atoms with Crippen LogP contribution < -0.4 is 0 Å². The first-order chi connectivity index (χ1) is 4.31. The molecule has 0 unspecified atom stereocenters. The van der Waals surface area contributed by atoms with E-state index in [1.807, 2.05) is 44.2 Å². The predicted molar refractivity (Wildman–Crippen MR) is 46.7 cm³/mol. The van der Waals surface area contributed by atoms with Crippen LogP contribution in [-0.2, 0) is 0 Å². The van der Waals surface area contributed by atoms with Gasteiger partial charge >= 0.3 is 0 Å². The summed E-state index contributed by atoms with van der Waals surface area (Å²) >= 11 is 4.17. The van der Waals surface area contributed by atoms with Crippen molar-refractivity contribution in [1.82, 2.24) is 0 Å². The van der Waals surface area contributed by atoms with E-state index in [1.165, 1.54) is 0 Å². The second-order valence-electron chi connectivity index (χ2n) is 1.62. The maximum atomic E-state index is 4.17. The van der Waals surface area contributed by atoms with Crippen molar-refractivity contribution in [3.8, 4) is 0 Å². The summed E-state index contributed by atoms with van der Waals surface area (Å²) in [4.78, 5) is 0.982. The summed E-state index contributed by atoms with van der Waals surface area (Å²) in [6, 6.07) is 0. The molecule has 0 saturated heterocycles. The van der Waals surface area contributed by atoms with E-state index < -0.39 is 0 Å². The van der Waals surface area contributed by atoms with Crippen LogP contribution in [0.1, 0.15) is 13.8 Å². The SMILES string of the molecule is C\C=C/C=C(S)\C=C/C. The zero-order valence-electron chi connectivity index (χ0n) is 5.83. The molecule has 0 rings (SSSR count). The molecule has 0 N–H and O–H groups in total. The first-order valence-electron chi connectivity index (χ1n) is 2.96. The lowest BCUT2D eigenvalue weighted by Gasteiger charge is -1.82. The van der Waals surface area contributed by atoms with Crippen LogP contribution in [0.5, 0.6) is 0 Å². The number of hydrogen-bond acceptors (Lipinski definition) is 1.